The van der Waals surface area contributed by atoms with Gasteiger partial charge in [-0.15, -0.1) is 0 Å². The molecular formula is C22H30N6O5. The zero-order chi connectivity index (χ0) is 24.5. The SMILES string of the molecule is Cc1cc(C(=O)N[C@@](C=O)(CNCCNC(=O)c2ccccn2)CC(=O)NC(C)(C)C)no1. The highest BCUT2D eigenvalue weighted by atomic mass is 16.5. The van der Waals surface area contributed by atoms with E-state index in [-0.39, 0.29) is 43.4 Å². The Morgan fingerprint density at radius 2 is 1.82 bits per heavy atom. The summed E-state index contributed by atoms with van der Waals surface area (Å²) in [7, 11) is 0. The molecule has 0 fully saturated rings. The molecule has 0 aromatic carbocycles. The third-order valence-corrected chi connectivity index (χ3v) is 4.36. The van der Waals surface area contributed by atoms with Crippen molar-refractivity contribution in [2.45, 2.75) is 45.2 Å². The fourth-order valence-corrected chi connectivity index (χ4v) is 2.94. The fourth-order valence-electron chi connectivity index (χ4n) is 2.94. The summed E-state index contributed by atoms with van der Waals surface area (Å²) in [5.41, 5.74) is -1.77. The Labute approximate surface area is 192 Å². The van der Waals surface area contributed by atoms with Crippen LogP contribution in [0.15, 0.2) is 35.0 Å². The number of pyridine rings is 1. The van der Waals surface area contributed by atoms with E-state index in [1.807, 2.05) is 20.8 Å². The van der Waals surface area contributed by atoms with E-state index in [2.05, 4.69) is 31.4 Å². The van der Waals surface area contributed by atoms with Gasteiger partial charge in [0.15, 0.2) is 5.69 Å². The summed E-state index contributed by atoms with van der Waals surface area (Å²) in [6.07, 6.45) is 1.76. The first-order chi connectivity index (χ1) is 15.5. The number of amides is 3. The molecule has 33 heavy (non-hydrogen) atoms. The van der Waals surface area contributed by atoms with Gasteiger partial charge in [-0.25, -0.2) is 0 Å². The highest BCUT2D eigenvalue weighted by Gasteiger charge is 2.36. The minimum atomic E-state index is -1.54. The van der Waals surface area contributed by atoms with Crippen molar-refractivity contribution in [2.24, 2.45) is 0 Å². The number of hydrogen-bond acceptors (Lipinski definition) is 8. The van der Waals surface area contributed by atoms with E-state index >= 15 is 0 Å². The Hall–Kier alpha value is -3.60. The lowest BCUT2D eigenvalue weighted by Crippen LogP contribution is -2.59. The standard InChI is InChI=1S/C22H30N6O5/c1-15-11-17(28-33-15)20(32)27-22(14-29,12-18(30)26-21(2,3)4)13-23-9-10-25-19(31)16-7-5-6-8-24-16/h5-8,11,14,23H,9-10,12-13H2,1-4H3,(H,25,31)(H,26,30)(H,27,32)/t22-/m1/s1. The second kappa shape index (κ2) is 11.3. The minimum absolute atomic E-state index is 0.00224. The van der Waals surface area contributed by atoms with Gasteiger partial charge in [0.05, 0.1) is 6.42 Å². The number of carbonyl (C=O) groups is 4. The number of aryl methyl sites for hydroxylation is 1. The molecule has 3 amide bonds. The van der Waals surface area contributed by atoms with Crippen LogP contribution in [0.2, 0.25) is 0 Å². The molecule has 11 heteroatoms. The molecule has 0 saturated carbocycles. The molecule has 1 atom stereocenters. The number of rotatable bonds is 11. The van der Waals surface area contributed by atoms with Gasteiger partial charge in [0, 0.05) is 37.4 Å². The van der Waals surface area contributed by atoms with Gasteiger partial charge < -0.3 is 30.6 Å². The van der Waals surface area contributed by atoms with E-state index in [9.17, 15) is 19.2 Å². The van der Waals surface area contributed by atoms with Crippen molar-refractivity contribution in [1.29, 1.82) is 0 Å². The molecule has 2 aromatic heterocycles. The van der Waals surface area contributed by atoms with Crippen LogP contribution in [0, 0.1) is 6.92 Å². The van der Waals surface area contributed by atoms with Crippen molar-refractivity contribution >= 4 is 24.0 Å². The maximum atomic E-state index is 12.6. The van der Waals surface area contributed by atoms with Crippen LogP contribution in [0.25, 0.3) is 0 Å². The summed E-state index contributed by atoms with van der Waals surface area (Å²) in [5, 5.41) is 14.8. The van der Waals surface area contributed by atoms with Gasteiger partial charge in [-0.3, -0.25) is 19.4 Å². The van der Waals surface area contributed by atoms with Crippen LogP contribution >= 0.6 is 0 Å². The van der Waals surface area contributed by atoms with Gasteiger partial charge in [0.25, 0.3) is 11.8 Å². The molecule has 178 valence electrons. The summed E-state index contributed by atoms with van der Waals surface area (Å²) in [6.45, 7) is 7.56. The van der Waals surface area contributed by atoms with Gasteiger partial charge >= 0.3 is 0 Å². The van der Waals surface area contributed by atoms with Gasteiger partial charge in [-0.2, -0.15) is 0 Å². The Balaban J connectivity index is 2.00. The smallest absolute Gasteiger partial charge is 0.274 e. The van der Waals surface area contributed by atoms with Crippen LogP contribution in [0.5, 0.6) is 0 Å². The Morgan fingerprint density at radius 1 is 1.06 bits per heavy atom. The molecule has 11 nitrogen and oxygen atoms in total. The topological polar surface area (TPSA) is 155 Å². The second-order valence-corrected chi connectivity index (χ2v) is 8.67. The summed E-state index contributed by atoms with van der Waals surface area (Å²) in [6, 6.07) is 6.44. The van der Waals surface area contributed by atoms with Gasteiger partial charge in [0.2, 0.25) is 5.91 Å². The highest BCUT2D eigenvalue weighted by Crippen LogP contribution is 2.12. The van der Waals surface area contributed by atoms with Crippen LogP contribution in [-0.4, -0.2) is 64.9 Å². The van der Waals surface area contributed by atoms with Crippen LogP contribution in [0.1, 0.15) is 53.9 Å². The van der Waals surface area contributed by atoms with Gasteiger partial charge in [-0.1, -0.05) is 11.2 Å². The Kier molecular flexibility index (Phi) is 8.80. The quantitative estimate of drug-likeness (QED) is 0.278. The number of nitrogens with one attached hydrogen (secondary N) is 4. The lowest BCUT2D eigenvalue weighted by Gasteiger charge is -2.30. The Bertz CT molecular complexity index is 969. The van der Waals surface area contributed by atoms with Crippen molar-refractivity contribution < 1.29 is 23.7 Å². The molecule has 0 aliphatic rings. The monoisotopic (exact) mass is 458 g/mol. The molecule has 2 heterocycles. The lowest BCUT2D eigenvalue weighted by atomic mass is 9.94. The molecule has 0 unspecified atom stereocenters. The number of nitrogens with zero attached hydrogens (tertiary/aromatic N) is 2. The highest BCUT2D eigenvalue weighted by molar-refractivity contribution is 5.96. The van der Waals surface area contributed by atoms with E-state index < -0.39 is 22.9 Å². The number of aldehydes is 1. The molecular weight excluding hydrogens is 428 g/mol. The second-order valence-electron chi connectivity index (χ2n) is 8.67. The molecule has 2 aromatic rings. The summed E-state index contributed by atoms with van der Waals surface area (Å²) in [5.74, 6) is -0.952. The van der Waals surface area contributed by atoms with Crippen molar-refractivity contribution in [2.75, 3.05) is 19.6 Å². The summed E-state index contributed by atoms with van der Waals surface area (Å²) < 4.78 is 4.91. The fraction of sp³-hybridized carbons (Fsp3) is 0.455. The van der Waals surface area contributed by atoms with E-state index in [1.165, 1.54) is 12.3 Å². The van der Waals surface area contributed by atoms with E-state index in [1.54, 1.807) is 25.1 Å². The number of hydrogen-bond donors (Lipinski definition) is 4. The van der Waals surface area contributed by atoms with Crippen molar-refractivity contribution in [3.63, 3.8) is 0 Å². The molecule has 0 aliphatic carbocycles. The first kappa shape index (κ1) is 25.7. The van der Waals surface area contributed by atoms with Crippen LogP contribution in [-0.2, 0) is 9.59 Å². The zero-order valence-electron chi connectivity index (χ0n) is 19.2. The third-order valence-electron chi connectivity index (χ3n) is 4.36. The molecule has 0 radical (unpaired) electrons. The predicted molar refractivity (Wildman–Crippen MR) is 119 cm³/mol. The zero-order valence-corrected chi connectivity index (χ0v) is 19.2. The number of aromatic nitrogens is 2. The molecule has 0 aliphatic heterocycles. The minimum Gasteiger partial charge on any atom is -0.361 e. The number of carbonyl (C=O) groups excluding carboxylic acids is 4. The van der Waals surface area contributed by atoms with Crippen molar-refractivity contribution in [3.8, 4) is 0 Å². The van der Waals surface area contributed by atoms with Crippen LogP contribution in [0.4, 0.5) is 0 Å². The average Bonchev–Trinajstić information content (AvgIpc) is 3.19. The first-order valence-corrected chi connectivity index (χ1v) is 10.5. The lowest BCUT2D eigenvalue weighted by molar-refractivity contribution is -0.126. The first-order valence-electron chi connectivity index (χ1n) is 10.5. The summed E-state index contributed by atoms with van der Waals surface area (Å²) in [4.78, 5) is 53.3. The normalized spacial score (nSPS) is 13.0. The third kappa shape index (κ3) is 8.45. The largest absolute Gasteiger partial charge is 0.361 e. The van der Waals surface area contributed by atoms with E-state index in [0.717, 1.165) is 0 Å². The average molecular weight is 459 g/mol. The van der Waals surface area contributed by atoms with Gasteiger partial charge in [0.1, 0.15) is 23.3 Å². The molecule has 0 bridgehead atoms. The molecule has 2 rings (SSSR count). The van der Waals surface area contributed by atoms with Crippen LogP contribution < -0.4 is 21.3 Å². The molecule has 4 N–H and O–H groups in total. The van der Waals surface area contributed by atoms with Crippen molar-refractivity contribution in [3.05, 3.63) is 47.6 Å². The summed E-state index contributed by atoms with van der Waals surface area (Å²) >= 11 is 0. The predicted octanol–water partition coefficient (Wildman–Crippen LogP) is 0.370. The van der Waals surface area contributed by atoms with Crippen molar-refractivity contribution in [1.82, 2.24) is 31.4 Å². The Morgan fingerprint density at radius 3 is 2.39 bits per heavy atom. The van der Waals surface area contributed by atoms with Gasteiger partial charge in [-0.05, 0) is 39.8 Å². The maximum absolute atomic E-state index is 12.6. The van der Waals surface area contributed by atoms with Crippen LogP contribution in [0.3, 0.4) is 0 Å². The van der Waals surface area contributed by atoms with E-state index in [0.29, 0.717) is 12.0 Å². The molecule has 0 spiro atoms. The maximum Gasteiger partial charge on any atom is 0.274 e. The van der Waals surface area contributed by atoms with E-state index in [4.69, 9.17) is 4.52 Å². The molecule has 0 saturated heterocycles.